The number of dihydropyridines is 1. The summed E-state index contributed by atoms with van der Waals surface area (Å²) < 4.78 is 0. The molecule has 4 rings (SSSR count). The molecular weight excluding hydrogens is 340 g/mol. The zero-order chi connectivity index (χ0) is 19.0. The number of carbonyl (C=O) groups is 2. The van der Waals surface area contributed by atoms with Crippen LogP contribution in [0.1, 0.15) is 30.7 Å². The van der Waals surface area contributed by atoms with Crippen molar-refractivity contribution in [2.24, 2.45) is 5.73 Å². The lowest BCUT2D eigenvalue weighted by Crippen LogP contribution is -2.37. The van der Waals surface area contributed by atoms with Gasteiger partial charge in [-0.2, -0.15) is 0 Å². The summed E-state index contributed by atoms with van der Waals surface area (Å²) in [6.07, 6.45) is 1.86. The lowest BCUT2D eigenvalue weighted by Gasteiger charge is -2.34. The Labute approximate surface area is 157 Å². The van der Waals surface area contributed by atoms with Crippen LogP contribution in [0, 0.1) is 0 Å². The molecule has 1 heterocycles. The second-order valence-corrected chi connectivity index (χ2v) is 6.81. The van der Waals surface area contributed by atoms with Crippen molar-refractivity contribution < 1.29 is 14.7 Å². The number of allylic oxidation sites excluding steroid dienone is 2. The number of nitrogens with two attached hydrogens (primary N) is 1. The number of hydrogen-bond acceptors (Lipinski definition) is 4. The second-order valence-electron chi connectivity index (χ2n) is 6.81. The van der Waals surface area contributed by atoms with Gasteiger partial charge in [0.1, 0.15) is 5.82 Å². The molecular formula is C22H20N2O3. The fourth-order valence-electron chi connectivity index (χ4n) is 4.04. The first-order valence-electron chi connectivity index (χ1n) is 8.98. The van der Waals surface area contributed by atoms with Gasteiger partial charge in [0.05, 0.1) is 11.5 Å². The molecule has 0 amide bonds. The maximum absolute atomic E-state index is 12.8. The van der Waals surface area contributed by atoms with Crippen LogP contribution in [0.15, 0.2) is 77.3 Å². The van der Waals surface area contributed by atoms with E-state index in [1.807, 2.05) is 54.6 Å². The minimum Gasteiger partial charge on any atom is -0.478 e. The van der Waals surface area contributed by atoms with Crippen molar-refractivity contribution in [2.75, 3.05) is 0 Å². The van der Waals surface area contributed by atoms with E-state index < -0.39 is 11.9 Å². The number of ketones is 1. The van der Waals surface area contributed by atoms with Gasteiger partial charge >= 0.3 is 5.97 Å². The number of carbonyl (C=O) groups excluding carboxylic acids is 1. The van der Waals surface area contributed by atoms with Crippen molar-refractivity contribution in [3.63, 3.8) is 0 Å². The fraction of sp³-hybridized carbons (Fsp3) is 0.182. The summed E-state index contributed by atoms with van der Waals surface area (Å²) in [4.78, 5) is 24.8. The van der Waals surface area contributed by atoms with Gasteiger partial charge in [0.25, 0.3) is 0 Å². The van der Waals surface area contributed by atoms with Crippen molar-refractivity contribution in [1.82, 2.24) is 5.32 Å². The van der Waals surface area contributed by atoms with Crippen LogP contribution in [-0.2, 0) is 9.59 Å². The lowest BCUT2D eigenvalue weighted by molar-refractivity contribution is -0.133. The molecule has 1 aliphatic carbocycles. The van der Waals surface area contributed by atoms with Gasteiger partial charge in [-0.3, -0.25) is 4.79 Å². The average molecular weight is 360 g/mol. The third kappa shape index (κ3) is 2.91. The first-order chi connectivity index (χ1) is 13.1. The van der Waals surface area contributed by atoms with Gasteiger partial charge in [0, 0.05) is 17.7 Å². The Morgan fingerprint density at radius 2 is 1.74 bits per heavy atom. The van der Waals surface area contributed by atoms with Gasteiger partial charge in [-0.1, -0.05) is 54.6 Å². The summed E-state index contributed by atoms with van der Waals surface area (Å²) in [5.41, 5.74) is 10.1. The summed E-state index contributed by atoms with van der Waals surface area (Å²) >= 11 is 0. The molecule has 0 radical (unpaired) electrons. The Morgan fingerprint density at radius 3 is 2.48 bits per heavy atom. The number of carboxylic acid groups (broad SMARTS) is 1. The first-order valence-corrected chi connectivity index (χ1v) is 8.98. The molecule has 0 fully saturated rings. The van der Waals surface area contributed by atoms with E-state index in [0.717, 1.165) is 28.8 Å². The molecule has 2 aromatic carbocycles. The maximum Gasteiger partial charge on any atom is 0.336 e. The van der Waals surface area contributed by atoms with E-state index in [1.165, 1.54) is 0 Å². The highest BCUT2D eigenvalue weighted by molar-refractivity contribution is 6.03. The smallest absolute Gasteiger partial charge is 0.336 e. The summed E-state index contributed by atoms with van der Waals surface area (Å²) in [7, 11) is 0. The number of Topliss-reactive ketones (excluding diaryl/α,β-unsaturated/α-hetero) is 1. The summed E-state index contributed by atoms with van der Waals surface area (Å²) in [6.45, 7) is 0. The van der Waals surface area contributed by atoms with Crippen LogP contribution in [0.3, 0.4) is 0 Å². The molecule has 1 aliphatic heterocycles. The number of rotatable bonds is 3. The maximum atomic E-state index is 12.8. The third-order valence-electron chi connectivity index (χ3n) is 5.20. The average Bonchev–Trinajstić information content (AvgIpc) is 2.67. The number of nitrogens with one attached hydrogen (secondary N) is 1. The highest BCUT2D eigenvalue weighted by Gasteiger charge is 2.39. The van der Waals surface area contributed by atoms with Crippen LogP contribution in [0.5, 0.6) is 0 Å². The van der Waals surface area contributed by atoms with Crippen LogP contribution in [0.4, 0.5) is 0 Å². The van der Waals surface area contributed by atoms with Crippen LogP contribution in [-0.4, -0.2) is 16.9 Å². The Kier molecular flexibility index (Phi) is 4.28. The van der Waals surface area contributed by atoms with Crippen LogP contribution in [0.25, 0.3) is 11.1 Å². The van der Waals surface area contributed by atoms with E-state index >= 15 is 0 Å². The Bertz CT molecular complexity index is 990. The number of benzene rings is 2. The van der Waals surface area contributed by atoms with Crippen LogP contribution >= 0.6 is 0 Å². The monoisotopic (exact) mass is 360 g/mol. The van der Waals surface area contributed by atoms with Gasteiger partial charge in [-0.25, -0.2) is 4.79 Å². The van der Waals surface area contributed by atoms with Crippen molar-refractivity contribution in [2.45, 2.75) is 25.2 Å². The van der Waals surface area contributed by atoms with E-state index in [0.29, 0.717) is 18.4 Å². The van der Waals surface area contributed by atoms with E-state index in [1.54, 1.807) is 0 Å². The predicted molar refractivity (Wildman–Crippen MR) is 102 cm³/mol. The van der Waals surface area contributed by atoms with Gasteiger partial charge < -0.3 is 16.2 Å². The molecule has 27 heavy (non-hydrogen) atoms. The van der Waals surface area contributed by atoms with Crippen molar-refractivity contribution in [3.8, 4) is 11.1 Å². The molecule has 5 heteroatoms. The zero-order valence-electron chi connectivity index (χ0n) is 14.7. The Balaban J connectivity index is 1.97. The van der Waals surface area contributed by atoms with Crippen molar-refractivity contribution in [1.29, 1.82) is 0 Å². The van der Waals surface area contributed by atoms with E-state index in [9.17, 15) is 14.7 Å². The summed E-state index contributed by atoms with van der Waals surface area (Å²) in [6, 6.07) is 17.4. The predicted octanol–water partition coefficient (Wildman–Crippen LogP) is 3.30. The fourth-order valence-corrected chi connectivity index (χ4v) is 4.04. The van der Waals surface area contributed by atoms with Crippen molar-refractivity contribution >= 4 is 11.8 Å². The highest BCUT2D eigenvalue weighted by Crippen LogP contribution is 2.44. The quantitative estimate of drug-likeness (QED) is 0.781. The van der Waals surface area contributed by atoms with Crippen LogP contribution in [0.2, 0.25) is 0 Å². The molecule has 5 nitrogen and oxygen atoms in total. The van der Waals surface area contributed by atoms with Gasteiger partial charge in [-0.05, 0) is 29.5 Å². The van der Waals surface area contributed by atoms with E-state index in [4.69, 9.17) is 5.73 Å². The highest BCUT2D eigenvalue weighted by atomic mass is 16.4. The standard InChI is InChI=1S/C22H20N2O3/c23-21-20(22(26)27)18(19-16(24-21)11-6-12-17(19)25)15-10-5-4-9-14(15)13-7-2-1-3-8-13/h1-5,7-10,18,24H,6,11-12,23H2,(H,26,27). The third-order valence-corrected chi connectivity index (χ3v) is 5.20. The summed E-state index contributed by atoms with van der Waals surface area (Å²) in [5, 5.41) is 12.8. The number of hydrogen-bond donors (Lipinski definition) is 3. The van der Waals surface area contributed by atoms with Gasteiger partial charge in [-0.15, -0.1) is 0 Å². The Morgan fingerprint density at radius 1 is 1.04 bits per heavy atom. The van der Waals surface area contributed by atoms with E-state index in [2.05, 4.69) is 5.32 Å². The lowest BCUT2D eigenvalue weighted by atomic mass is 9.74. The molecule has 0 spiro atoms. The molecule has 0 saturated heterocycles. The molecule has 0 bridgehead atoms. The second kappa shape index (κ2) is 6.76. The molecule has 1 atom stereocenters. The summed E-state index contributed by atoms with van der Waals surface area (Å²) in [5.74, 6) is -1.69. The Hall–Kier alpha value is -3.34. The molecule has 0 aromatic heterocycles. The first kappa shape index (κ1) is 17.1. The molecule has 1 unspecified atom stereocenters. The van der Waals surface area contributed by atoms with Gasteiger partial charge in [0.15, 0.2) is 5.78 Å². The molecule has 0 saturated carbocycles. The van der Waals surface area contributed by atoms with Gasteiger partial charge in [0.2, 0.25) is 0 Å². The molecule has 2 aliphatic rings. The minimum absolute atomic E-state index is 0.0112. The van der Waals surface area contributed by atoms with E-state index in [-0.39, 0.29) is 17.2 Å². The SMILES string of the molecule is NC1=C(C(=O)O)C(c2ccccc2-c2ccccc2)C2=C(CCCC2=O)N1. The topological polar surface area (TPSA) is 92.4 Å². The molecule has 4 N–H and O–H groups in total. The normalized spacial score (nSPS) is 19.6. The van der Waals surface area contributed by atoms with Crippen LogP contribution < -0.4 is 11.1 Å². The molecule has 2 aromatic rings. The minimum atomic E-state index is -1.11. The van der Waals surface area contributed by atoms with Crippen molar-refractivity contribution in [3.05, 3.63) is 82.8 Å². The largest absolute Gasteiger partial charge is 0.478 e. The number of aliphatic carboxylic acids is 1. The zero-order valence-corrected chi connectivity index (χ0v) is 14.7. The molecule has 136 valence electrons. The number of carboxylic acids is 1.